The monoisotopic (exact) mass is 446 g/mol. The van der Waals surface area contributed by atoms with Gasteiger partial charge >= 0.3 is 0 Å². The minimum absolute atomic E-state index is 0.108. The summed E-state index contributed by atoms with van der Waals surface area (Å²) in [6, 6.07) is 44.5. The lowest BCUT2D eigenvalue weighted by molar-refractivity contribution is 0.646. The third-order valence-electron chi connectivity index (χ3n) is 7.85. The molecule has 35 heavy (non-hydrogen) atoms. The van der Waals surface area contributed by atoms with E-state index in [2.05, 4.69) is 135 Å². The van der Waals surface area contributed by atoms with E-state index in [9.17, 15) is 0 Å². The van der Waals surface area contributed by atoms with Gasteiger partial charge in [0.25, 0.3) is 0 Å². The molecule has 0 bridgehead atoms. The van der Waals surface area contributed by atoms with Gasteiger partial charge in [-0.25, -0.2) is 0 Å². The Morgan fingerprint density at radius 3 is 1.74 bits per heavy atom. The average Bonchev–Trinajstić information content (AvgIpc) is 2.91. The molecule has 7 rings (SSSR count). The van der Waals surface area contributed by atoms with Crippen LogP contribution >= 0.6 is 0 Å². The zero-order chi connectivity index (χ0) is 23.6. The van der Waals surface area contributed by atoms with Crippen LogP contribution in [0.5, 0.6) is 0 Å². The second kappa shape index (κ2) is 7.42. The predicted molar refractivity (Wildman–Crippen MR) is 150 cm³/mol. The van der Waals surface area contributed by atoms with Gasteiger partial charge in [-0.15, -0.1) is 0 Å². The fourth-order valence-electron chi connectivity index (χ4n) is 6.18. The first kappa shape index (κ1) is 20.2. The molecule has 1 aliphatic rings. The molecule has 0 amide bonds. The van der Waals surface area contributed by atoms with Gasteiger partial charge in [0, 0.05) is 5.41 Å². The summed E-state index contributed by atoms with van der Waals surface area (Å²) in [5.41, 5.74) is 10.6. The first-order valence-corrected chi connectivity index (χ1v) is 12.4. The summed E-state index contributed by atoms with van der Waals surface area (Å²) >= 11 is 0. The van der Waals surface area contributed by atoms with E-state index in [1.807, 2.05) is 0 Å². The van der Waals surface area contributed by atoms with Crippen molar-refractivity contribution in [2.45, 2.75) is 19.3 Å². The van der Waals surface area contributed by atoms with E-state index in [1.165, 1.54) is 66.1 Å². The topological polar surface area (TPSA) is 0 Å². The number of fused-ring (bicyclic) bond motifs is 4. The molecule has 0 saturated heterocycles. The van der Waals surface area contributed by atoms with Crippen molar-refractivity contribution in [1.29, 1.82) is 0 Å². The van der Waals surface area contributed by atoms with Crippen LogP contribution in [-0.2, 0) is 5.41 Å². The van der Waals surface area contributed by atoms with Crippen molar-refractivity contribution in [2.24, 2.45) is 0 Å². The van der Waals surface area contributed by atoms with Gasteiger partial charge in [-0.3, -0.25) is 0 Å². The van der Waals surface area contributed by atoms with Crippen molar-refractivity contribution >= 4 is 21.5 Å². The molecule has 0 heteroatoms. The number of benzene rings is 6. The zero-order valence-corrected chi connectivity index (χ0v) is 20.0. The number of rotatable bonds is 2. The summed E-state index contributed by atoms with van der Waals surface area (Å²) < 4.78 is 0. The Morgan fingerprint density at radius 1 is 0.429 bits per heavy atom. The van der Waals surface area contributed by atoms with E-state index >= 15 is 0 Å². The van der Waals surface area contributed by atoms with Crippen molar-refractivity contribution in [3.8, 4) is 33.4 Å². The maximum atomic E-state index is 2.42. The molecule has 0 heterocycles. The molecule has 0 radical (unpaired) electrons. The molecule has 0 fully saturated rings. The number of hydrogen-bond donors (Lipinski definition) is 0. The first-order valence-electron chi connectivity index (χ1n) is 12.4. The summed E-state index contributed by atoms with van der Waals surface area (Å²) in [5, 5.41) is 5.38. The lowest BCUT2D eigenvalue weighted by Crippen LogP contribution is -2.24. The van der Waals surface area contributed by atoms with Crippen LogP contribution in [0.4, 0.5) is 0 Å². The lowest BCUT2D eigenvalue weighted by atomic mass is 9.66. The quantitative estimate of drug-likeness (QED) is 0.232. The third-order valence-corrected chi connectivity index (χ3v) is 7.85. The van der Waals surface area contributed by atoms with Crippen LogP contribution in [0.3, 0.4) is 0 Å². The second-order valence-corrected chi connectivity index (χ2v) is 10.1. The lowest BCUT2D eigenvalue weighted by Gasteiger charge is -2.36. The summed E-state index contributed by atoms with van der Waals surface area (Å²) in [5.74, 6) is 0. The van der Waals surface area contributed by atoms with E-state index in [0.717, 1.165) is 0 Å². The Labute approximate surface area is 206 Å². The van der Waals surface area contributed by atoms with Crippen LogP contribution < -0.4 is 0 Å². The highest BCUT2D eigenvalue weighted by atomic mass is 14.4. The molecule has 0 nitrogen and oxygen atoms in total. The second-order valence-electron chi connectivity index (χ2n) is 10.1. The van der Waals surface area contributed by atoms with E-state index in [4.69, 9.17) is 0 Å². The van der Waals surface area contributed by atoms with Gasteiger partial charge in [0.05, 0.1) is 0 Å². The molecule has 0 atom stereocenters. The smallest absolute Gasteiger partial charge is 0.0159 e. The van der Waals surface area contributed by atoms with Crippen molar-refractivity contribution < 1.29 is 0 Å². The van der Waals surface area contributed by atoms with Crippen LogP contribution in [0.15, 0.2) is 121 Å². The van der Waals surface area contributed by atoms with Gasteiger partial charge in [-0.1, -0.05) is 129 Å². The summed E-state index contributed by atoms with van der Waals surface area (Å²) in [7, 11) is 0. The molecule has 6 aromatic rings. The van der Waals surface area contributed by atoms with E-state index in [1.54, 1.807) is 0 Å². The van der Waals surface area contributed by atoms with Crippen LogP contribution in [0, 0.1) is 0 Å². The Kier molecular flexibility index (Phi) is 4.29. The molecule has 166 valence electrons. The van der Waals surface area contributed by atoms with Crippen LogP contribution in [0.1, 0.15) is 25.0 Å². The molecule has 0 saturated carbocycles. The largest absolute Gasteiger partial charge is 0.0622 e. The highest BCUT2D eigenvalue weighted by molar-refractivity contribution is 6.23. The van der Waals surface area contributed by atoms with E-state index < -0.39 is 0 Å². The van der Waals surface area contributed by atoms with Crippen molar-refractivity contribution in [3.05, 3.63) is 132 Å². The minimum Gasteiger partial charge on any atom is -0.0622 e. The standard InChI is InChI=1S/C35H26/c1-35(2)30-19-11-18-29-32(24-14-7-4-8-15-24)26-16-9-10-17-27(26)33(34(29)30)28-21-20-25(22-31(28)35)23-12-5-3-6-13-23/h3-22H,1-2H3. The predicted octanol–water partition coefficient (Wildman–Crippen LogP) is 9.63. The maximum Gasteiger partial charge on any atom is 0.0159 e. The van der Waals surface area contributed by atoms with E-state index in [-0.39, 0.29) is 5.41 Å². The molecule has 0 aliphatic heterocycles. The highest BCUT2D eigenvalue weighted by Gasteiger charge is 2.35. The van der Waals surface area contributed by atoms with Crippen LogP contribution in [-0.4, -0.2) is 0 Å². The fraction of sp³-hybridized carbons (Fsp3) is 0.0857. The molecule has 0 spiro atoms. The molecule has 1 aliphatic carbocycles. The normalized spacial score (nSPS) is 13.7. The van der Waals surface area contributed by atoms with Crippen molar-refractivity contribution in [2.75, 3.05) is 0 Å². The van der Waals surface area contributed by atoms with Gasteiger partial charge in [0.1, 0.15) is 0 Å². The Bertz CT molecular complexity index is 1740. The summed E-state index contributed by atoms with van der Waals surface area (Å²) in [6.07, 6.45) is 0. The van der Waals surface area contributed by atoms with Gasteiger partial charge in [-0.2, -0.15) is 0 Å². The maximum absolute atomic E-state index is 2.42. The van der Waals surface area contributed by atoms with Crippen molar-refractivity contribution in [1.82, 2.24) is 0 Å². The van der Waals surface area contributed by atoms with Gasteiger partial charge in [0.2, 0.25) is 0 Å². The third kappa shape index (κ3) is 2.87. The van der Waals surface area contributed by atoms with Crippen molar-refractivity contribution in [3.63, 3.8) is 0 Å². The van der Waals surface area contributed by atoms with Crippen LogP contribution in [0.2, 0.25) is 0 Å². The Balaban J connectivity index is 1.65. The molecule has 0 aromatic heterocycles. The Morgan fingerprint density at radius 2 is 1.03 bits per heavy atom. The summed E-state index contributed by atoms with van der Waals surface area (Å²) in [4.78, 5) is 0. The first-order chi connectivity index (χ1) is 17.1. The van der Waals surface area contributed by atoms with Gasteiger partial charge in [0.15, 0.2) is 0 Å². The van der Waals surface area contributed by atoms with Gasteiger partial charge in [-0.05, 0) is 72.1 Å². The SMILES string of the molecule is CC1(C)c2cc(-c3ccccc3)ccc2-c2c3ccccc3c(-c3ccccc3)c3cccc1c23. The average molecular weight is 447 g/mol. The Hall–Kier alpha value is -4.16. The molecule has 0 N–H and O–H groups in total. The van der Waals surface area contributed by atoms with Crippen LogP contribution in [0.25, 0.3) is 54.9 Å². The number of hydrogen-bond acceptors (Lipinski definition) is 0. The minimum atomic E-state index is -0.108. The molecular formula is C35H26. The molecule has 6 aromatic carbocycles. The summed E-state index contributed by atoms with van der Waals surface area (Å²) in [6.45, 7) is 4.77. The fourth-order valence-corrected chi connectivity index (χ4v) is 6.18. The molecule has 0 unspecified atom stereocenters. The van der Waals surface area contributed by atoms with E-state index in [0.29, 0.717) is 0 Å². The molecular weight excluding hydrogens is 420 g/mol. The van der Waals surface area contributed by atoms with Gasteiger partial charge < -0.3 is 0 Å². The highest BCUT2D eigenvalue weighted by Crippen LogP contribution is 2.54. The zero-order valence-electron chi connectivity index (χ0n) is 20.0.